The average Bonchev–Trinajstić information content (AvgIpc) is 2.64. The number of nitrogens with zero attached hydrogens (tertiary/aromatic N) is 2. The minimum absolute atomic E-state index is 0.136. The molecule has 1 aromatic heterocycles. The van der Waals surface area contributed by atoms with Gasteiger partial charge in [-0.15, -0.1) is 0 Å². The lowest BCUT2D eigenvalue weighted by molar-refractivity contribution is -0.119. The third kappa shape index (κ3) is 3.05. The predicted octanol–water partition coefficient (Wildman–Crippen LogP) is 1.79. The largest absolute Gasteiger partial charge is 0.312 e. The summed E-state index contributed by atoms with van der Waals surface area (Å²) in [6.45, 7) is 0.878. The van der Waals surface area contributed by atoms with Crippen LogP contribution in [0.1, 0.15) is 29.7 Å². The van der Waals surface area contributed by atoms with Crippen LogP contribution < -0.4 is 9.62 Å². The molecule has 2 aliphatic rings. The fourth-order valence-corrected chi connectivity index (χ4v) is 4.63. The lowest BCUT2D eigenvalue weighted by Crippen LogP contribution is -2.39. The van der Waals surface area contributed by atoms with Crippen molar-refractivity contribution in [2.24, 2.45) is 0 Å². The van der Waals surface area contributed by atoms with Crippen LogP contribution in [0, 0.1) is 0 Å². The van der Waals surface area contributed by atoms with E-state index >= 15 is 0 Å². The Hall–Kier alpha value is -2.25. The van der Waals surface area contributed by atoms with Gasteiger partial charge in [0.05, 0.1) is 22.8 Å². The van der Waals surface area contributed by atoms with Crippen molar-refractivity contribution in [2.45, 2.75) is 37.1 Å². The highest BCUT2D eigenvalue weighted by Crippen LogP contribution is 2.37. The van der Waals surface area contributed by atoms with Crippen LogP contribution in [0.3, 0.4) is 0 Å². The molecule has 0 spiro atoms. The van der Waals surface area contributed by atoms with Gasteiger partial charge in [0, 0.05) is 19.2 Å². The molecule has 0 bridgehead atoms. The van der Waals surface area contributed by atoms with Crippen LogP contribution in [0.4, 0.5) is 5.69 Å². The van der Waals surface area contributed by atoms with Gasteiger partial charge in [-0.2, -0.15) is 0 Å². The molecule has 0 saturated carbocycles. The number of amides is 1. The van der Waals surface area contributed by atoms with Crippen molar-refractivity contribution in [2.75, 3.05) is 11.4 Å². The van der Waals surface area contributed by atoms with Crippen LogP contribution in [-0.4, -0.2) is 25.9 Å². The summed E-state index contributed by atoms with van der Waals surface area (Å²) in [6, 6.07) is 8.82. The third-order valence-electron chi connectivity index (χ3n) is 4.73. The summed E-state index contributed by atoms with van der Waals surface area (Å²) in [5.41, 5.74) is 3.51. The molecule has 25 heavy (non-hydrogen) atoms. The Balaban J connectivity index is 1.66. The van der Waals surface area contributed by atoms with E-state index in [1.54, 1.807) is 30.5 Å². The van der Waals surface area contributed by atoms with Crippen molar-refractivity contribution in [3.05, 3.63) is 53.3 Å². The van der Waals surface area contributed by atoms with E-state index in [0.717, 1.165) is 36.2 Å². The molecule has 1 amide bonds. The maximum atomic E-state index is 12.7. The molecule has 1 N–H and O–H groups in total. The summed E-state index contributed by atoms with van der Waals surface area (Å²) in [5, 5.41) is 0. The van der Waals surface area contributed by atoms with Crippen LogP contribution in [-0.2, 0) is 34.2 Å². The monoisotopic (exact) mass is 357 g/mol. The highest BCUT2D eigenvalue weighted by Gasteiger charge is 2.31. The van der Waals surface area contributed by atoms with Gasteiger partial charge in [0.15, 0.2) is 0 Å². The van der Waals surface area contributed by atoms with E-state index in [1.807, 2.05) is 11.0 Å². The Bertz CT molecular complexity index is 909. The minimum Gasteiger partial charge on any atom is -0.312 e. The van der Waals surface area contributed by atoms with Crippen molar-refractivity contribution in [1.29, 1.82) is 0 Å². The first-order valence-electron chi connectivity index (χ1n) is 8.40. The van der Waals surface area contributed by atoms with Crippen molar-refractivity contribution < 1.29 is 13.2 Å². The van der Waals surface area contributed by atoms with Crippen LogP contribution in [0.15, 0.2) is 41.4 Å². The Labute approximate surface area is 146 Å². The maximum absolute atomic E-state index is 12.7. The van der Waals surface area contributed by atoms with Crippen molar-refractivity contribution in [3.63, 3.8) is 0 Å². The number of rotatable bonds is 4. The van der Waals surface area contributed by atoms with E-state index in [4.69, 9.17) is 0 Å². The summed E-state index contributed by atoms with van der Waals surface area (Å²) in [7, 11) is -3.62. The van der Waals surface area contributed by atoms with Gasteiger partial charge in [-0.05, 0) is 54.7 Å². The molecule has 4 rings (SSSR count). The topological polar surface area (TPSA) is 79.4 Å². The standard InChI is InChI=1S/C18H19N3O3S/c22-17-7-6-14-11-16(10-13-4-3-9-21(17)18(13)14)25(23,24)20-12-15-5-1-2-8-19-15/h1-2,5,8,10-11,20H,3-4,6-7,9,12H2. The molecule has 7 heteroatoms. The van der Waals surface area contributed by atoms with E-state index in [9.17, 15) is 13.2 Å². The number of aryl methyl sites for hydroxylation is 2. The Morgan fingerprint density at radius 2 is 1.92 bits per heavy atom. The van der Waals surface area contributed by atoms with Gasteiger partial charge in [0.1, 0.15) is 0 Å². The molecule has 0 saturated heterocycles. The van der Waals surface area contributed by atoms with Crippen LogP contribution in [0.5, 0.6) is 0 Å². The number of sulfonamides is 1. The SMILES string of the molecule is O=C1CCc2cc(S(=O)(=O)NCc3ccccn3)cc3c2N1CCC3. The van der Waals surface area contributed by atoms with Gasteiger partial charge in [-0.25, -0.2) is 13.1 Å². The minimum atomic E-state index is -3.62. The first kappa shape index (κ1) is 16.2. The van der Waals surface area contributed by atoms with Crippen LogP contribution in [0.25, 0.3) is 0 Å². The lowest BCUT2D eigenvalue weighted by Gasteiger charge is -2.35. The van der Waals surface area contributed by atoms with E-state index in [0.29, 0.717) is 18.5 Å². The first-order valence-corrected chi connectivity index (χ1v) is 9.89. The fourth-order valence-electron chi connectivity index (χ4n) is 3.53. The number of carbonyl (C=O) groups excluding carboxylic acids is 1. The normalized spacial score (nSPS) is 16.6. The molecular formula is C18H19N3O3S. The number of aromatic nitrogens is 1. The van der Waals surface area contributed by atoms with Gasteiger partial charge in [0.25, 0.3) is 0 Å². The Morgan fingerprint density at radius 3 is 2.68 bits per heavy atom. The van der Waals surface area contributed by atoms with Gasteiger partial charge in [-0.3, -0.25) is 9.78 Å². The molecule has 0 atom stereocenters. The number of hydrogen-bond acceptors (Lipinski definition) is 4. The summed E-state index contributed by atoms with van der Waals surface area (Å²) in [5.74, 6) is 0.136. The molecule has 0 aliphatic carbocycles. The summed E-state index contributed by atoms with van der Waals surface area (Å²) in [6.07, 6.45) is 4.34. The van der Waals surface area contributed by atoms with E-state index in [-0.39, 0.29) is 17.3 Å². The molecule has 130 valence electrons. The van der Waals surface area contributed by atoms with Crippen LogP contribution in [0.2, 0.25) is 0 Å². The molecular weight excluding hydrogens is 338 g/mol. The Kier molecular flexibility index (Phi) is 4.05. The quantitative estimate of drug-likeness (QED) is 0.905. The molecule has 0 fully saturated rings. The third-order valence-corrected chi connectivity index (χ3v) is 6.11. The molecule has 0 radical (unpaired) electrons. The highest BCUT2D eigenvalue weighted by atomic mass is 32.2. The molecule has 3 heterocycles. The van der Waals surface area contributed by atoms with Crippen molar-refractivity contribution in [3.8, 4) is 0 Å². The van der Waals surface area contributed by atoms with Gasteiger partial charge >= 0.3 is 0 Å². The summed E-state index contributed by atoms with van der Waals surface area (Å²) >= 11 is 0. The second kappa shape index (κ2) is 6.24. The number of nitrogens with one attached hydrogen (secondary N) is 1. The van der Waals surface area contributed by atoms with Gasteiger partial charge in [0.2, 0.25) is 15.9 Å². The molecule has 2 aromatic rings. The zero-order valence-corrected chi connectivity index (χ0v) is 14.6. The molecule has 1 aromatic carbocycles. The zero-order valence-electron chi connectivity index (χ0n) is 13.7. The van der Waals surface area contributed by atoms with Gasteiger partial charge < -0.3 is 4.90 Å². The zero-order chi connectivity index (χ0) is 17.4. The highest BCUT2D eigenvalue weighted by molar-refractivity contribution is 7.89. The smallest absolute Gasteiger partial charge is 0.240 e. The molecule has 2 aliphatic heterocycles. The van der Waals surface area contributed by atoms with E-state index < -0.39 is 10.0 Å². The van der Waals surface area contributed by atoms with Crippen molar-refractivity contribution in [1.82, 2.24) is 9.71 Å². The molecule has 6 nitrogen and oxygen atoms in total. The molecule has 0 unspecified atom stereocenters. The maximum Gasteiger partial charge on any atom is 0.240 e. The first-order chi connectivity index (χ1) is 12.0. The second-order valence-corrected chi connectivity index (χ2v) is 8.15. The number of hydrogen-bond donors (Lipinski definition) is 1. The lowest BCUT2D eigenvalue weighted by atomic mass is 9.92. The van der Waals surface area contributed by atoms with E-state index in [2.05, 4.69) is 9.71 Å². The Morgan fingerprint density at radius 1 is 1.12 bits per heavy atom. The second-order valence-electron chi connectivity index (χ2n) is 6.38. The summed E-state index contributed by atoms with van der Waals surface area (Å²) in [4.78, 5) is 18.3. The average molecular weight is 357 g/mol. The number of anilines is 1. The summed E-state index contributed by atoms with van der Waals surface area (Å²) < 4.78 is 28.0. The number of carbonyl (C=O) groups is 1. The fraction of sp³-hybridized carbons (Fsp3) is 0.333. The predicted molar refractivity (Wildman–Crippen MR) is 93.7 cm³/mol. The number of pyridine rings is 1. The van der Waals surface area contributed by atoms with E-state index in [1.165, 1.54) is 0 Å². The van der Waals surface area contributed by atoms with Gasteiger partial charge in [-0.1, -0.05) is 6.07 Å². The van der Waals surface area contributed by atoms with Crippen LogP contribution >= 0.6 is 0 Å². The number of benzene rings is 1. The van der Waals surface area contributed by atoms with Crippen molar-refractivity contribution >= 4 is 21.6 Å².